The second kappa shape index (κ2) is 22.4. The minimum Gasteiger partial charge on any atom is -0.478 e. The number of rotatable bonds is 12. The van der Waals surface area contributed by atoms with E-state index in [1.165, 1.54) is 37.7 Å². The Morgan fingerprint density at radius 3 is 1.31 bits per heavy atom. The second-order valence-electron chi connectivity index (χ2n) is 18.1. The molecular weight excluding hydrogens is 885 g/mol. The quantitative estimate of drug-likeness (QED) is 0.0916. The van der Waals surface area contributed by atoms with Crippen molar-refractivity contribution >= 4 is 23.9 Å². The Kier molecular flexibility index (Phi) is 15.0. The number of ether oxygens (including phenoxy) is 2. The zero-order valence-electron chi connectivity index (χ0n) is 39.3. The van der Waals surface area contributed by atoms with Crippen molar-refractivity contribution in [2.75, 3.05) is 0 Å². The largest absolute Gasteiger partial charge is 0.478 e. The number of carbonyl (C=O) groups is 4. The first-order valence-corrected chi connectivity index (χ1v) is 24.4. The molecule has 71 heavy (non-hydrogen) atoms. The van der Waals surface area contributed by atoms with Crippen LogP contribution in [0.2, 0.25) is 0 Å². The van der Waals surface area contributed by atoms with Crippen molar-refractivity contribution < 1.29 is 38.9 Å². The highest BCUT2D eigenvalue weighted by atomic mass is 16.6. The summed E-state index contributed by atoms with van der Waals surface area (Å²) < 4.78 is 11.9. The molecule has 2 aliphatic carbocycles. The Morgan fingerprint density at radius 2 is 0.775 bits per heavy atom. The van der Waals surface area contributed by atoms with Crippen LogP contribution >= 0.6 is 0 Å². The van der Waals surface area contributed by atoms with E-state index in [2.05, 4.69) is 18.2 Å². The first kappa shape index (κ1) is 47.7. The standard InChI is InChI=1S/C32H28O4.C31H26O4/c33-31(25-17-9-3-10-18-25)35-29-22-27(23-13-5-1-6-14-23)21-28(24-15-7-2-8-16-24)30(29)36-32(34)26-19-11-4-12-20-26;32-30(33)25-16-8-6-14-23(25)28-19-22(20-10-4-5-11-20)18-27(21-12-2-1-3-13-21)29(28)24-15-7-9-17-26(24)31(34)35/h2-4,7-12,15-23H,1,5-6,13-14H2;1-3,6-9,12-20H,4-5,10-11H2,(H,32,33)(H,34,35). The Labute approximate surface area is 414 Å². The fourth-order valence-corrected chi connectivity index (χ4v) is 10.1. The average molecular weight is 939 g/mol. The monoisotopic (exact) mass is 938 g/mol. The first-order valence-electron chi connectivity index (χ1n) is 24.4. The maximum atomic E-state index is 13.1. The summed E-state index contributed by atoms with van der Waals surface area (Å²) in [6, 6.07) is 59.6. The minimum absolute atomic E-state index is 0.187. The van der Waals surface area contributed by atoms with Gasteiger partial charge < -0.3 is 19.7 Å². The molecule has 2 aliphatic rings. The Hall–Kier alpha value is -8.36. The van der Waals surface area contributed by atoms with Gasteiger partial charge in [0.05, 0.1) is 22.3 Å². The topological polar surface area (TPSA) is 127 Å². The van der Waals surface area contributed by atoms with Crippen LogP contribution in [0.4, 0.5) is 0 Å². The molecule has 2 N–H and O–H groups in total. The predicted octanol–water partition coefficient (Wildman–Crippen LogP) is 15.6. The van der Waals surface area contributed by atoms with Gasteiger partial charge in [0.2, 0.25) is 0 Å². The smallest absolute Gasteiger partial charge is 0.343 e. The van der Waals surface area contributed by atoms with E-state index in [0.29, 0.717) is 34.1 Å². The zero-order valence-corrected chi connectivity index (χ0v) is 39.3. The molecule has 0 unspecified atom stereocenters. The Balaban J connectivity index is 0.000000176. The van der Waals surface area contributed by atoms with Gasteiger partial charge in [-0.3, -0.25) is 0 Å². The Morgan fingerprint density at radius 1 is 0.380 bits per heavy atom. The van der Waals surface area contributed by atoms with Crippen LogP contribution in [0, 0.1) is 0 Å². The minimum atomic E-state index is -1.02. The van der Waals surface area contributed by atoms with E-state index in [-0.39, 0.29) is 22.6 Å². The van der Waals surface area contributed by atoms with Crippen molar-refractivity contribution in [1.29, 1.82) is 0 Å². The molecular formula is C63H54O8. The van der Waals surface area contributed by atoms with Gasteiger partial charge in [-0.2, -0.15) is 0 Å². The molecule has 0 radical (unpaired) electrons. The lowest BCUT2D eigenvalue weighted by atomic mass is 9.81. The van der Waals surface area contributed by atoms with Crippen LogP contribution in [0.5, 0.6) is 11.5 Å². The third-order valence-corrected chi connectivity index (χ3v) is 13.6. The summed E-state index contributed by atoms with van der Waals surface area (Å²) in [6.45, 7) is 0. The number of esters is 2. The van der Waals surface area contributed by atoms with Crippen molar-refractivity contribution in [1.82, 2.24) is 0 Å². The Bertz CT molecular complexity index is 3150. The highest BCUT2D eigenvalue weighted by Gasteiger charge is 2.28. The molecule has 2 saturated carbocycles. The third-order valence-electron chi connectivity index (χ3n) is 13.6. The van der Waals surface area contributed by atoms with Crippen LogP contribution in [-0.4, -0.2) is 34.1 Å². The maximum Gasteiger partial charge on any atom is 0.343 e. The summed E-state index contributed by atoms with van der Waals surface area (Å²) in [5, 5.41) is 20.0. The van der Waals surface area contributed by atoms with Crippen molar-refractivity contribution in [3.8, 4) is 56.0 Å². The van der Waals surface area contributed by atoms with Gasteiger partial charge in [0.25, 0.3) is 0 Å². The molecule has 0 saturated heterocycles. The molecule has 354 valence electrons. The molecule has 0 aromatic heterocycles. The van der Waals surface area contributed by atoms with Crippen LogP contribution in [0.1, 0.15) is 122 Å². The first-order chi connectivity index (χ1) is 34.7. The van der Waals surface area contributed by atoms with Gasteiger partial charge in [-0.05, 0) is 136 Å². The van der Waals surface area contributed by atoms with Crippen LogP contribution in [0.3, 0.4) is 0 Å². The number of hydrogen-bond acceptors (Lipinski definition) is 6. The molecule has 0 bridgehead atoms. The predicted molar refractivity (Wildman–Crippen MR) is 278 cm³/mol. The zero-order chi connectivity index (χ0) is 49.1. The van der Waals surface area contributed by atoms with Gasteiger partial charge in [0, 0.05) is 5.56 Å². The summed E-state index contributed by atoms with van der Waals surface area (Å²) in [5.74, 6) is -1.75. The number of carboxylic acid groups (broad SMARTS) is 2. The average Bonchev–Trinajstić information content (AvgIpc) is 3.98. The number of carboxylic acids is 2. The van der Waals surface area contributed by atoms with Crippen LogP contribution in [-0.2, 0) is 0 Å². The van der Waals surface area contributed by atoms with Crippen LogP contribution in [0.25, 0.3) is 44.5 Å². The van der Waals surface area contributed by atoms with Crippen LogP contribution < -0.4 is 9.47 Å². The molecule has 8 nitrogen and oxygen atoms in total. The molecule has 8 heteroatoms. The summed E-state index contributed by atoms with van der Waals surface area (Å²) in [5.41, 5.74) is 9.69. The highest BCUT2D eigenvalue weighted by molar-refractivity contribution is 6.06. The molecule has 2 fully saturated rings. The van der Waals surface area contributed by atoms with Gasteiger partial charge in [-0.25, -0.2) is 19.2 Å². The fraction of sp³-hybridized carbons (Fsp3) is 0.175. The number of aromatic carboxylic acids is 2. The number of benzene rings is 8. The highest BCUT2D eigenvalue weighted by Crippen LogP contribution is 2.47. The number of carbonyl (C=O) groups excluding carboxylic acids is 2. The third kappa shape index (κ3) is 11.1. The van der Waals surface area contributed by atoms with E-state index >= 15 is 0 Å². The normalized spacial score (nSPS) is 13.6. The van der Waals surface area contributed by atoms with E-state index in [0.717, 1.165) is 64.6 Å². The van der Waals surface area contributed by atoms with Gasteiger partial charge in [-0.15, -0.1) is 0 Å². The van der Waals surface area contributed by atoms with Gasteiger partial charge in [0.15, 0.2) is 11.5 Å². The lowest BCUT2D eigenvalue weighted by Crippen LogP contribution is -2.14. The molecule has 0 heterocycles. The van der Waals surface area contributed by atoms with E-state index in [1.807, 2.05) is 103 Å². The summed E-state index contributed by atoms with van der Waals surface area (Å²) in [6.07, 6.45) is 10.3. The molecule has 0 amide bonds. The molecule has 8 aromatic carbocycles. The van der Waals surface area contributed by atoms with E-state index in [4.69, 9.17) is 9.47 Å². The molecule has 8 aromatic rings. The van der Waals surface area contributed by atoms with Gasteiger partial charge in [0.1, 0.15) is 0 Å². The van der Waals surface area contributed by atoms with Crippen molar-refractivity contribution in [3.63, 3.8) is 0 Å². The van der Waals surface area contributed by atoms with Crippen molar-refractivity contribution in [3.05, 3.63) is 228 Å². The summed E-state index contributed by atoms with van der Waals surface area (Å²) in [7, 11) is 0. The molecule has 0 atom stereocenters. The van der Waals surface area contributed by atoms with Gasteiger partial charge >= 0.3 is 23.9 Å². The lowest BCUT2D eigenvalue weighted by molar-refractivity contribution is 0.0683. The van der Waals surface area contributed by atoms with E-state index in [1.54, 1.807) is 72.8 Å². The lowest BCUT2D eigenvalue weighted by Gasteiger charge is -2.24. The van der Waals surface area contributed by atoms with Crippen molar-refractivity contribution in [2.24, 2.45) is 0 Å². The summed E-state index contributed by atoms with van der Waals surface area (Å²) >= 11 is 0. The van der Waals surface area contributed by atoms with Crippen LogP contribution in [0.15, 0.2) is 194 Å². The van der Waals surface area contributed by atoms with Crippen molar-refractivity contribution in [2.45, 2.75) is 69.6 Å². The molecule has 0 spiro atoms. The molecule has 0 aliphatic heterocycles. The van der Waals surface area contributed by atoms with Gasteiger partial charge in [-0.1, -0.05) is 178 Å². The van der Waals surface area contributed by atoms with E-state index in [9.17, 15) is 29.4 Å². The second-order valence-corrected chi connectivity index (χ2v) is 18.1. The fourth-order valence-electron chi connectivity index (χ4n) is 10.1. The SMILES string of the molecule is O=C(O)c1ccccc1-c1cc(C2CCCC2)cc(-c2ccccc2)c1-c1ccccc1C(=O)O.O=C(Oc1cc(C2CCCCC2)cc(-c2ccccc2)c1OC(=O)c1ccccc1)c1ccccc1. The number of hydrogen-bond donors (Lipinski definition) is 2. The van der Waals surface area contributed by atoms with E-state index < -0.39 is 23.9 Å². The summed E-state index contributed by atoms with van der Waals surface area (Å²) in [4.78, 5) is 50.7. The maximum absolute atomic E-state index is 13.1. The molecule has 10 rings (SSSR count).